The number of rotatable bonds is 3. The van der Waals surface area contributed by atoms with E-state index in [9.17, 15) is 18.4 Å². The molecule has 3 saturated heterocycles. The number of nitrogens with one attached hydrogen (secondary N) is 1. The number of hydrogen-bond acceptors (Lipinski definition) is 5. The van der Waals surface area contributed by atoms with Crippen molar-refractivity contribution in [1.82, 2.24) is 9.80 Å². The van der Waals surface area contributed by atoms with Crippen LogP contribution in [0.2, 0.25) is 0 Å². The number of benzene rings is 2. The lowest BCUT2D eigenvalue weighted by Crippen LogP contribution is -2.61. The quantitative estimate of drug-likeness (QED) is 0.650. The number of anilines is 2. The Bertz CT molecular complexity index is 1260. The summed E-state index contributed by atoms with van der Waals surface area (Å²) in [4.78, 5) is 33.1. The second-order valence-electron chi connectivity index (χ2n) is 12.0. The Hall–Kier alpha value is -3.20. The van der Waals surface area contributed by atoms with Crippen molar-refractivity contribution in [2.75, 3.05) is 43.2 Å². The fraction of sp³-hybridized carbons (Fsp3) is 0.533. The van der Waals surface area contributed by atoms with Gasteiger partial charge in [0.05, 0.1) is 18.3 Å². The van der Waals surface area contributed by atoms with Crippen molar-refractivity contribution in [1.29, 1.82) is 0 Å². The summed E-state index contributed by atoms with van der Waals surface area (Å²) in [5, 5.41) is 3.30. The molecule has 1 aliphatic carbocycles. The molecule has 2 aromatic carbocycles. The summed E-state index contributed by atoms with van der Waals surface area (Å²) in [5.41, 5.74) is 2.38. The van der Waals surface area contributed by atoms with E-state index in [0.717, 1.165) is 24.1 Å². The van der Waals surface area contributed by atoms with Crippen molar-refractivity contribution in [2.24, 2.45) is 11.3 Å². The van der Waals surface area contributed by atoms with Crippen LogP contribution < -0.4 is 10.2 Å². The molecule has 7 rings (SSSR count). The first-order chi connectivity index (χ1) is 18.9. The monoisotopic (exact) mass is 536 g/mol. The van der Waals surface area contributed by atoms with Gasteiger partial charge in [-0.2, -0.15) is 0 Å². The number of likely N-dealkylation sites (tertiary alicyclic amines) is 2. The van der Waals surface area contributed by atoms with Crippen molar-refractivity contribution in [3.8, 4) is 0 Å². The molecule has 0 aromatic heterocycles. The van der Waals surface area contributed by atoms with E-state index in [1.807, 2.05) is 40.1 Å². The number of amides is 2. The fourth-order valence-electron chi connectivity index (χ4n) is 7.65. The van der Waals surface area contributed by atoms with Crippen LogP contribution >= 0.6 is 0 Å². The lowest BCUT2D eigenvalue weighted by molar-refractivity contribution is -0.152. The number of para-hydroxylation sites is 2. The number of alkyl halides is 1. The summed E-state index contributed by atoms with van der Waals surface area (Å²) in [6.45, 7) is 2.70. The normalized spacial score (nSPS) is 30.9. The number of carbonyl (C=O) groups is 2. The van der Waals surface area contributed by atoms with Crippen LogP contribution in [-0.4, -0.2) is 78.9 Å². The maximum Gasteiger partial charge on any atom is 0.246 e. The van der Waals surface area contributed by atoms with Gasteiger partial charge >= 0.3 is 0 Å². The van der Waals surface area contributed by atoms with Crippen LogP contribution in [0.4, 0.5) is 20.2 Å². The molecule has 7 nitrogen and oxygen atoms in total. The topological polar surface area (TPSA) is 65.1 Å². The Balaban J connectivity index is 1.05. The van der Waals surface area contributed by atoms with E-state index >= 15 is 0 Å². The number of carbonyl (C=O) groups excluding carboxylic acids is 2. The predicted octanol–water partition coefficient (Wildman–Crippen LogP) is 3.59. The van der Waals surface area contributed by atoms with Crippen molar-refractivity contribution in [3.63, 3.8) is 0 Å². The molecular weight excluding hydrogens is 502 g/mol. The van der Waals surface area contributed by atoms with Crippen LogP contribution in [0.15, 0.2) is 48.5 Å². The minimum atomic E-state index is -1.08. The van der Waals surface area contributed by atoms with E-state index < -0.39 is 24.3 Å². The summed E-state index contributed by atoms with van der Waals surface area (Å²) < 4.78 is 35.3. The molecule has 4 heterocycles. The van der Waals surface area contributed by atoms with Crippen molar-refractivity contribution in [2.45, 2.75) is 56.4 Å². The van der Waals surface area contributed by atoms with Crippen LogP contribution in [-0.2, 0) is 20.7 Å². The van der Waals surface area contributed by atoms with Gasteiger partial charge in [-0.1, -0.05) is 30.3 Å². The van der Waals surface area contributed by atoms with Crippen LogP contribution in [0.3, 0.4) is 0 Å². The maximum absolute atomic E-state index is 14.9. The smallest absolute Gasteiger partial charge is 0.246 e. The highest BCUT2D eigenvalue weighted by atomic mass is 19.1. The molecule has 3 unspecified atom stereocenters. The van der Waals surface area contributed by atoms with Gasteiger partial charge in [0.15, 0.2) is 0 Å². The van der Waals surface area contributed by atoms with Crippen LogP contribution in [0, 0.1) is 17.2 Å². The second-order valence-corrected chi connectivity index (χ2v) is 12.0. The zero-order valence-corrected chi connectivity index (χ0v) is 21.9. The molecule has 1 N–H and O–H groups in total. The third-order valence-electron chi connectivity index (χ3n) is 9.68. The van der Waals surface area contributed by atoms with Gasteiger partial charge in [0.2, 0.25) is 11.8 Å². The first-order valence-corrected chi connectivity index (χ1v) is 14.1. The maximum atomic E-state index is 14.9. The molecule has 5 atom stereocenters. The van der Waals surface area contributed by atoms with Gasteiger partial charge in [-0.25, -0.2) is 8.78 Å². The zero-order chi connectivity index (χ0) is 26.7. The van der Waals surface area contributed by atoms with Crippen molar-refractivity contribution >= 4 is 23.2 Å². The Labute approximate surface area is 227 Å². The average molecular weight is 537 g/mol. The average Bonchev–Trinajstić information content (AvgIpc) is 3.65. The van der Waals surface area contributed by atoms with E-state index in [1.54, 1.807) is 17.0 Å². The molecule has 4 aliphatic heterocycles. The Morgan fingerprint density at radius 3 is 2.56 bits per heavy atom. The molecule has 2 aromatic rings. The van der Waals surface area contributed by atoms with Crippen molar-refractivity contribution in [3.05, 3.63) is 59.9 Å². The number of piperidine rings is 2. The molecule has 1 saturated carbocycles. The Morgan fingerprint density at radius 1 is 1.00 bits per heavy atom. The Kier molecular flexibility index (Phi) is 6.02. The van der Waals surface area contributed by atoms with E-state index in [-0.39, 0.29) is 29.0 Å². The van der Waals surface area contributed by atoms with E-state index in [0.29, 0.717) is 57.9 Å². The van der Waals surface area contributed by atoms with Gasteiger partial charge in [0, 0.05) is 37.2 Å². The minimum Gasteiger partial charge on any atom is -0.373 e. The van der Waals surface area contributed by atoms with E-state index in [2.05, 4.69) is 5.32 Å². The SMILES string of the molecule is O=C([C@H]1C2CC(F)C(C2)N1C(=O)[C@H]1Cc2ccccc2N1)N1CCC2(CC1)COCN(c1ccccc1F)C2. The highest BCUT2D eigenvalue weighted by Crippen LogP contribution is 2.46. The number of halogens is 2. The lowest BCUT2D eigenvalue weighted by atomic mass is 9.77. The summed E-state index contributed by atoms with van der Waals surface area (Å²) in [5.74, 6) is -0.640. The highest BCUT2D eigenvalue weighted by molar-refractivity contribution is 5.94. The molecule has 2 bridgehead atoms. The lowest BCUT2D eigenvalue weighted by Gasteiger charge is -2.49. The molecule has 0 radical (unpaired) electrons. The van der Waals surface area contributed by atoms with Crippen LogP contribution in [0.25, 0.3) is 0 Å². The third-order valence-corrected chi connectivity index (χ3v) is 9.68. The van der Waals surface area contributed by atoms with Crippen LogP contribution in [0.5, 0.6) is 0 Å². The summed E-state index contributed by atoms with van der Waals surface area (Å²) in [6.07, 6.45) is 1.83. The molecule has 1 spiro atoms. The number of nitrogens with zero attached hydrogens (tertiary/aromatic N) is 3. The summed E-state index contributed by atoms with van der Waals surface area (Å²) in [6, 6.07) is 13.0. The predicted molar refractivity (Wildman–Crippen MR) is 142 cm³/mol. The second kappa shape index (κ2) is 9.47. The summed E-state index contributed by atoms with van der Waals surface area (Å²) in [7, 11) is 0. The Morgan fingerprint density at radius 2 is 1.77 bits per heavy atom. The van der Waals surface area contributed by atoms with E-state index in [1.165, 1.54) is 6.07 Å². The molecule has 4 fully saturated rings. The standard InChI is InChI=1S/C30H34F2N4O3/c31-21-6-2-4-8-25(21)35-16-30(17-39-18-35)9-11-34(12-10-30)29(38)27-20-13-22(32)26(15-20)36(27)28(37)24-14-19-5-1-3-7-23(19)33-24/h1-8,20,22,24,26-27,33H,9-18H2/t20?,22?,24-,26?,27-/m1/s1. The molecule has 39 heavy (non-hydrogen) atoms. The van der Waals surface area contributed by atoms with Gasteiger partial charge in [0.25, 0.3) is 0 Å². The molecular formula is C30H34F2N4O3. The molecule has 9 heteroatoms. The first-order valence-electron chi connectivity index (χ1n) is 14.1. The van der Waals surface area contributed by atoms with Gasteiger partial charge in [-0.3, -0.25) is 9.59 Å². The van der Waals surface area contributed by atoms with Gasteiger partial charge in [-0.15, -0.1) is 0 Å². The molecule has 206 valence electrons. The van der Waals surface area contributed by atoms with Gasteiger partial charge in [-0.05, 0) is 55.4 Å². The molecule has 5 aliphatic rings. The largest absolute Gasteiger partial charge is 0.373 e. The highest BCUT2D eigenvalue weighted by Gasteiger charge is 2.58. The van der Waals surface area contributed by atoms with Crippen molar-refractivity contribution < 1.29 is 23.1 Å². The van der Waals surface area contributed by atoms with Gasteiger partial charge in [0.1, 0.15) is 30.8 Å². The van der Waals surface area contributed by atoms with Gasteiger partial charge < -0.3 is 24.8 Å². The minimum absolute atomic E-state index is 0.0594. The zero-order valence-electron chi connectivity index (χ0n) is 21.9. The number of fused-ring (bicyclic) bond motifs is 3. The van der Waals surface area contributed by atoms with E-state index in [4.69, 9.17) is 4.74 Å². The fourth-order valence-corrected chi connectivity index (χ4v) is 7.65. The molecule has 2 amide bonds. The first kappa shape index (κ1) is 24.8. The van der Waals surface area contributed by atoms with Crippen LogP contribution in [0.1, 0.15) is 31.2 Å². The number of ether oxygens (including phenoxy) is 1. The third kappa shape index (κ3) is 4.17. The summed E-state index contributed by atoms with van der Waals surface area (Å²) >= 11 is 0. The number of hydrogen-bond donors (Lipinski definition) is 1.